The summed E-state index contributed by atoms with van der Waals surface area (Å²) in [4.78, 5) is 28.4. The quantitative estimate of drug-likeness (QED) is 0.885. The van der Waals surface area contributed by atoms with Crippen LogP contribution in [0.3, 0.4) is 0 Å². The van der Waals surface area contributed by atoms with Gasteiger partial charge >= 0.3 is 0 Å². The maximum absolute atomic E-state index is 12.9. The first-order valence-corrected chi connectivity index (χ1v) is 8.63. The van der Waals surface area contributed by atoms with Crippen LogP contribution in [0.15, 0.2) is 47.1 Å². The number of nitrogens with zero attached hydrogens (tertiary/aromatic N) is 2. The van der Waals surface area contributed by atoms with Crippen LogP contribution in [-0.4, -0.2) is 53.8 Å². The van der Waals surface area contributed by atoms with Gasteiger partial charge in [0.2, 0.25) is 5.91 Å². The van der Waals surface area contributed by atoms with Crippen molar-refractivity contribution in [3.63, 3.8) is 0 Å². The molecule has 1 aliphatic heterocycles. The van der Waals surface area contributed by atoms with Crippen molar-refractivity contribution >= 4 is 11.8 Å². The normalized spacial score (nSPS) is 16.3. The van der Waals surface area contributed by atoms with Gasteiger partial charge in [-0.15, -0.1) is 0 Å². The van der Waals surface area contributed by atoms with Crippen molar-refractivity contribution in [3.05, 3.63) is 59.8 Å². The van der Waals surface area contributed by atoms with E-state index in [2.05, 4.69) is 5.32 Å². The highest BCUT2D eigenvalue weighted by Crippen LogP contribution is 2.11. The maximum Gasteiger partial charge on any atom is 0.289 e. The van der Waals surface area contributed by atoms with Crippen LogP contribution in [0.25, 0.3) is 0 Å². The third-order valence-electron chi connectivity index (χ3n) is 4.64. The smallest absolute Gasteiger partial charge is 0.289 e. The van der Waals surface area contributed by atoms with Gasteiger partial charge in [-0.25, -0.2) is 4.39 Å². The van der Waals surface area contributed by atoms with Gasteiger partial charge in [0.1, 0.15) is 5.82 Å². The van der Waals surface area contributed by atoms with Gasteiger partial charge in [-0.1, -0.05) is 12.1 Å². The highest BCUT2D eigenvalue weighted by Gasteiger charge is 2.28. The van der Waals surface area contributed by atoms with E-state index >= 15 is 0 Å². The lowest BCUT2D eigenvalue weighted by Crippen LogP contribution is -2.54. The number of piperazine rings is 1. The van der Waals surface area contributed by atoms with Crippen molar-refractivity contribution < 1.29 is 18.4 Å². The molecule has 1 aliphatic rings. The third kappa shape index (κ3) is 4.29. The van der Waals surface area contributed by atoms with Gasteiger partial charge in [-0.3, -0.25) is 14.5 Å². The highest BCUT2D eigenvalue weighted by atomic mass is 19.1. The third-order valence-corrected chi connectivity index (χ3v) is 4.64. The van der Waals surface area contributed by atoms with Crippen LogP contribution in [0.2, 0.25) is 0 Å². The van der Waals surface area contributed by atoms with E-state index in [1.165, 1.54) is 18.4 Å². The Kier molecular flexibility index (Phi) is 5.68. The average Bonchev–Trinajstić information content (AvgIpc) is 3.21. The molecule has 1 aromatic heterocycles. The van der Waals surface area contributed by atoms with Gasteiger partial charge in [0.15, 0.2) is 5.76 Å². The largest absolute Gasteiger partial charge is 0.459 e. The standard InChI is InChI=1S/C19H22FN3O3/c1-14(18(24)21-13-15-4-6-16(20)7-5-15)22-8-10-23(11-9-22)19(25)17-3-2-12-26-17/h2-7,12,14H,8-11,13H2,1H3,(H,21,24)/t14-/m0/s1. The van der Waals surface area contributed by atoms with E-state index in [0.717, 1.165) is 5.56 Å². The molecule has 1 fully saturated rings. The number of furan rings is 1. The predicted octanol–water partition coefficient (Wildman–Crippen LogP) is 1.88. The molecule has 1 atom stereocenters. The number of hydrogen-bond donors (Lipinski definition) is 1. The summed E-state index contributed by atoms with van der Waals surface area (Å²) in [6.45, 7) is 4.56. The first-order valence-electron chi connectivity index (χ1n) is 8.63. The molecule has 6 nitrogen and oxygen atoms in total. The molecule has 0 unspecified atom stereocenters. The van der Waals surface area contributed by atoms with Gasteiger partial charge in [0.25, 0.3) is 5.91 Å². The molecule has 2 amide bonds. The summed E-state index contributed by atoms with van der Waals surface area (Å²) in [6, 6.07) is 9.10. The first-order chi connectivity index (χ1) is 12.5. The fraction of sp³-hybridized carbons (Fsp3) is 0.368. The van der Waals surface area contributed by atoms with Crippen molar-refractivity contribution in [3.8, 4) is 0 Å². The second-order valence-corrected chi connectivity index (χ2v) is 6.33. The van der Waals surface area contributed by atoms with Gasteiger partial charge < -0.3 is 14.6 Å². The number of hydrogen-bond acceptors (Lipinski definition) is 4. The molecule has 0 bridgehead atoms. The molecule has 3 rings (SSSR count). The minimum atomic E-state index is -0.296. The number of rotatable bonds is 5. The monoisotopic (exact) mass is 359 g/mol. The molecule has 138 valence electrons. The molecule has 26 heavy (non-hydrogen) atoms. The SMILES string of the molecule is C[C@@H](C(=O)NCc1ccc(F)cc1)N1CCN(C(=O)c2ccco2)CC1. The van der Waals surface area contributed by atoms with E-state index in [1.54, 1.807) is 29.2 Å². The highest BCUT2D eigenvalue weighted by molar-refractivity contribution is 5.91. The Bertz CT molecular complexity index is 738. The van der Waals surface area contributed by atoms with Crippen LogP contribution >= 0.6 is 0 Å². The van der Waals surface area contributed by atoms with Gasteiger partial charge in [-0.2, -0.15) is 0 Å². The second kappa shape index (κ2) is 8.14. The Morgan fingerprint density at radius 1 is 1.15 bits per heavy atom. The molecular formula is C19H22FN3O3. The Labute approximate surface area is 151 Å². The van der Waals surface area contributed by atoms with Crippen molar-refractivity contribution in [2.24, 2.45) is 0 Å². The zero-order valence-corrected chi connectivity index (χ0v) is 14.7. The lowest BCUT2D eigenvalue weighted by molar-refractivity contribution is -0.126. The Hall–Kier alpha value is -2.67. The minimum Gasteiger partial charge on any atom is -0.459 e. The van der Waals surface area contributed by atoms with Crippen LogP contribution in [0.1, 0.15) is 23.0 Å². The lowest BCUT2D eigenvalue weighted by Gasteiger charge is -2.37. The van der Waals surface area contributed by atoms with Gasteiger partial charge in [-0.05, 0) is 36.8 Å². The molecule has 7 heteroatoms. The summed E-state index contributed by atoms with van der Waals surface area (Å²) >= 11 is 0. The molecule has 0 spiro atoms. The first kappa shape index (κ1) is 18.1. The molecule has 1 N–H and O–H groups in total. The van der Waals surface area contributed by atoms with Crippen LogP contribution in [-0.2, 0) is 11.3 Å². The zero-order chi connectivity index (χ0) is 18.5. The Morgan fingerprint density at radius 3 is 2.46 bits per heavy atom. The number of benzene rings is 1. The van der Waals surface area contributed by atoms with E-state index in [1.807, 2.05) is 11.8 Å². The van der Waals surface area contributed by atoms with Crippen molar-refractivity contribution in [2.75, 3.05) is 26.2 Å². The van der Waals surface area contributed by atoms with E-state index in [0.29, 0.717) is 38.5 Å². The molecule has 2 aromatic rings. The molecule has 2 heterocycles. The number of carbonyl (C=O) groups excluding carboxylic acids is 2. The topological polar surface area (TPSA) is 65.8 Å². The Balaban J connectivity index is 1.46. The lowest BCUT2D eigenvalue weighted by atomic mass is 10.2. The zero-order valence-electron chi connectivity index (χ0n) is 14.7. The summed E-state index contributed by atoms with van der Waals surface area (Å²) < 4.78 is 18.1. The fourth-order valence-corrected chi connectivity index (χ4v) is 2.97. The number of amides is 2. The number of halogens is 1. The van der Waals surface area contributed by atoms with E-state index in [4.69, 9.17) is 4.42 Å². The van der Waals surface area contributed by atoms with Crippen LogP contribution in [0, 0.1) is 5.82 Å². The summed E-state index contributed by atoms with van der Waals surface area (Å²) in [6.07, 6.45) is 1.48. The van der Waals surface area contributed by atoms with Crippen molar-refractivity contribution in [1.29, 1.82) is 0 Å². The second-order valence-electron chi connectivity index (χ2n) is 6.33. The van der Waals surface area contributed by atoms with Gasteiger partial charge in [0, 0.05) is 32.7 Å². The van der Waals surface area contributed by atoms with E-state index < -0.39 is 0 Å². The molecule has 0 aliphatic carbocycles. The van der Waals surface area contributed by atoms with Crippen molar-refractivity contribution in [1.82, 2.24) is 15.1 Å². The predicted molar refractivity (Wildman–Crippen MR) is 93.9 cm³/mol. The Morgan fingerprint density at radius 2 is 1.85 bits per heavy atom. The van der Waals surface area contributed by atoms with Crippen LogP contribution < -0.4 is 5.32 Å². The van der Waals surface area contributed by atoms with E-state index in [-0.39, 0.29) is 23.7 Å². The number of carbonyl (C=O) groups is 2. The van der Waals surface area contributed by atoms with Crippen molar-refractivity contribution in [2.45, 2.75) is 19.5 Å². The van der Waals surface area contributed by atoms with Gasteiger partial charge in [0.05, 0.1) is 12.3 Å². The molecule has 0 radical (unpaired) electrons. The minimum absolute atomic E-state index is 0.0832. The number of nitrogens with one attached hydrogen (secondary N) is 1. The van der Waals surface area contributed by atoms with Crippen LogP contribution in [0.4, 0.5) is 4.39 Å². The van der Waals surface area contributed by atoms with E-state index in [9.17, 15) is 14.0 Å². The summed E-state index contributed by atoms with van der Waals surface area (Å²) in [5, 5.41) is 2.87. The summed E-state index contributed by atoms with van der Waals surface area (Å²) in [5.41, 5.74) is 0.848. The fourth-order valence-electron chi connectivity index (χ4n) is 2.97. The maximum atomic E-state index is 12.9. The molecular weight excluding hydrogens is 337 g/mol. The van der Waals surface area contributed by atoms with Crippen LogP contribution in [0.5, 0.6) is 0 Å². The molecule has 0 saturated carbocycles. The average molecular weight is 359 g/mol. The molecule has 1 aromatic carbocycles. The molecule has 1 saturated heterocycles. The summed E-state index contributed by atoms with van der Waals surface area (Å²) in [7, 11) is 0. The summed E-state index contributed by atoms with van der Waals surface area (Å²) in [5.74, 6) is -0.165.